The maximum atomic E-state index is 12.2. The van der Waals surface area contributed by atoms with Crippen molar-refractivity contribution < 1.29 is 23.5 Å². The van der Waals surface area contributed by atoms with Crippen LogP contribution in [-0.2, 0) is 4.79 Å². The summed E-state index contributed by atoms with van der Waals surface area (Å²) in [5.41, 5.74) is 0.967. The Morgan fingerprint density at radius 3 is 2.58 bits per heavy atom. The Bertz CT molecular complexity index is 494. The van der Waals surface area contributed by atoms with Gasteiger partial charge in [-0.1, -0.05) is 6.07 Å². The standard InChI is InChI=1S/C12H12F2INO3/c1-6-7(3-2-4-8(6)15)11(17)16-9(12(18)19)5-10(13)14/h2-4,9-10H,5H2,1H3,(H,16,17)(H,18,19). The molecule has 4 nitrogen and oxygen atoms in total. The highest BCUT2D eigenvalue weighted by Gasteiger charge is 2.25. The van der Waals surface area contributed by atoms with Crippen molar-refractivity contribution in [3.05, 3.63) is 32.9 Å². The number of halogens is 3. The fourth-order valence-corrected chi connectivity index (χ4v) is 1.99. The van der Waals surface area contributed by atoms with Gasteiger partial charge in [0.1, 0.15) is 6.04 Å². The number of hydrogen-bond donors (Lipinski definition) is 2. The first-order valence-electron chi connectivity index (χ1n) is 5.40. The highest BCUT2D eigenvalue weighted by molar-refractivity contribution is 14.1. The molecule has 1 aromatic carbocycles. The van der Waals surface area contributed by atoms with E-state index < -0.39 is 30.8 Å². The van der Waals surface area contributed by atoms with E-state index in [1.807, 2.05) is 22.6 Å². The van der Waals surface area contributed by atoms with E-state index in [4.69, 9.17) is 5.11 Å². The monoisotopic (exact) mass is 383 g/mol. The summed E-state index contributed by atoms with van der Waals surface area (Å²) in [6, 6.07) is 3.37. The second kappa shape index (κ2) is 6.78. The fraction of sp³-hybridized carbons (Fsp3) is 0.333. The van der Waals surface area contributed by atoms with Crippen molar-refractivity contribution in [1.82, 2.24) is 5.32 Å². The van der Waals surface area contributed by atoms with Crippen molar-refractivity contribution in [2.24, 2.45) is 0 Å². The normalized spacial score (nSPS) is 12.3. The predicted octanol–water partition coefficient (Wildman–Crippen LogP) is 2.44. The molecule has 0 aromatic heterocycles. The molecule has 1 unspecified atom stereocenters. The number of aliphatic carboxylic acids is 1. The first kappa shape index (κ1) is 15.8. The molecule has 7 heteroatoms. The van der Waals surface area contributed by atoms with Gasteiger partial charge in [-0.2, -0.15) is 0 Å². The summed E-state index contributed by atoms with van der Waals surface area (Å²) in [7, 11) is 0. The Morgan fingerprint density at radius 2 is 2.05 bits per heavy atom. The summed E-state index contributed by atoms with van der Waals surface area (Å²) < 4.78 is 25.3. The number of hydrogen-bond acceptors (Lipinski definition) is 2. The largest absolute Gasteiger partial charge is 0.480 e. The quantitative estimate of drug-likeness (QED) is 0.768. The van der Waals surface area contributed by atoms with Gasteiger partial charge in [0.25, 0.3) is 5.91 Å². The zero-order chi connectivity index (χ0) is 14.6. The number of benzene rings is 1. The third-order valence-corrected chi connectivity index (χ3v) is 3.70. The summed E-state index contributed by atoms with van der Waals surface area (Å²) in [5.74, 6) is -2.14. The van der Waals surface area contributed by atoms with Crippen molar-refractivity contribution in [3.63, 3.8) is 0 Å². The van der Waals surface area contributed by atoms with Crippen LogP contribution in [0.25, 0.3) is 0 Å². The highest BCUT2D eigenvalue weighted by atomic mass is 127. The Morgan fingerprint density at radius 1 is 1.42 bits per heavy atom. The van der Waals surface area contributed by atoms with Gasteiger partial charge in [0.15, 0.2) is 0 Å². The second-order valence-corrected chi connectivity index (χ2v) is 5.07. The molecule has 0 aliphatic rings. The topological polar surface area (TPSA) is 66.4 Å². The van der Waals surface area contributed by atoms with Crippen LogP contribution >= 0.6 is 22.6 Å². The van der Waals surface area contributed by atoms with Gasteiger partial charge in [0.2, 0.25) is 6.43 Å². The summed E-state index contributed by atoms with van der Waals surface area (Å²) in [6.45, 7) is 1.71. The number of alkyl halides is 2. The van der Waals surface area contributed by atoms with E-state index in [-0.39, 0.29) is 5.56 Å². The smallest absolute Gasteiger partial charge is 0.326 e. The molecular formula is C12H12F2INO3. The van der Waals surface area contributed by atoms with E-state index in [1.54, 1.807) is 19.1 Å². The molecule has 0 radical (unpaired) electrons. The minimum absolute atomic E-state index is 0.285. The second-order valence-electron chi connectivity index (χ2n) is 3.90. The highest BCUT2D eigenvalue weighted by Crippen LogP contribution is 2.16. The van der Waals surface area contributed by atoms with Gasteiger partial charge < -0.3 is 10.4 Å². The van der Waals surface area contributed by atoms with E-state index >= 15 is 0 Å². The molecule has 0 saturated heterocycles. The van der Waals surface area contributed by atoms with E-state index in [0.717, 1.165) is 3.57 Å². The zero-order valence-corrected chi connectivity index (χ0v) is 12.1. The molecule has 0 bridgehead atoms. The Labute approximate surface area is 122 Å². The number of amides is 1. The lowest BCUT2D eigenvalue weighted by Crippen LogP contribution is -2.42. The summed E-state index contributed by atoms with van der Waals surface area (Å²) >= 11 is 2.03. The molecule has 104 valence electrons. The third-order valence-electron chi connectivity index (χ3n) is 2.53. The lowest BCUT2D eigenvalue weighted by molar-refractivity contribution is -0.140. The lowest BCUT2D eigenvalue weighted by atomic mass is 10.1. The number of nitrogens with one attached hydrogen (secondary N) is 1. The van der Waals surface area contributed by atoms with Crippen LogP contribution in [0.15, 0.2) is 18.2 Å². The van der Waals surface area contributed by atoms with Crippen molar-refractivity contribution in [2.45, 2.75) is 25.8 Å². The van der Waals surface area contributed by atoms with Gasteiger partial charge >= 0.3 is 5.97 Å². The van der Waals surface area contributed by atoms with Crippen LogP contribution in [-0.4, -0.2) is 29.5 Å². The van der Waals surface area contributed by atoms with E-state index in [2.05, 4.69) is 5.32 Å². The van der Waals surface area contributed by atoms with Crippen LogP contribution < -0.4 is 5.32 Å². The van der Waals surface area contributed by atoms with Gasteiger partial charge in [-0.05, 0) is 47.2 Å². The van der Waals surface area contributed by atoms with Gasteiger partial charge in [-0.25, -0.2) is 13.6 Å². The van der Waals surface area contributed by atoms with Crippen molar-refractivity contribution in [2.75, 3.05) is 0 Å². The van der Waals surface area contributed by atoms with Crippen molar-refractivity contribution in [3.8, 4) is 0 Å². The van der Waals surface area contributed by atoms with Crippen LogP contribution in [0.2, 0.25) is 0 Å². The third kappa shape index (κ3) is 4.41. The average molecular weight is 383 g/mol. The number of carboxylic acids is 1. The fourth-order valence-electron chi connectivity index (χ4n) is 1.49. The average Bonchev–Trinajstić information content (AvgIpc) is 2.31. The number of carboxylic acid groups (broad SMARTS) is 1. The molecular weight excluding hydrogens is 371 g/mol. The minimum atomic E-state index is -2.79. The molecule has 1 atom stereocenters. The van der Waals surface area contributed by atoms with Crippen LogP contribution in [0.1, 0.15) is 22.3 Å². The van der Waals surface area contributed by atoms with Crippen molar-refractivity contribution in [1.29, 1.82) is 0 Å². The lowest BCUT2D eigenvalue weighted by Gasteiger charge is -2.15. The van der Waals surface area contributed by atoms with Gasteiger partial charge in [-0.15, -0.1) is 0 Å². The Hall–Kier alpha value is -1.25. The minimum Gasteiger partial charge on any atom is -0.480 e. The maximum absolute atomic E-state index is 12.2. The molecule has 0 aliphatic carbocycles. The first-order chi connectivity index (χ1) is 8.82. The van der Waals surface area contributed by atoms with Gasteiger partial charge in [0.05, 0.1) is 0 Å². The molecule has 0 heterocycles. The molecule has 1 amide bonds. The van der Waals surface area contributed by atoms with Gasteiger partial charge in [0, 0.05) is 15.6 Å². The maximum Gasteiger partial charge on any atom is 0.326 e. The molecule has 0 spiro atoms. The SMILES string of the molecule is Cc1c(I)cccc1C(=O)NC(CC(F)F)C(=O)O. The molecule has 0 fully saturated rings. The predicted molar refractivity (Wildman–Crippen MR) is 73.4 cm³/mol. The number of carbonyl (C=O) groups is 2. The molecule has 2 N–H and O–H groups in total. The molecule has 1 rings (SSSR count). The Balaban J connectivity index is 2.88. The van der Waals surface area contributed by atoms with E-state index in [0.29, 0.717) is 5.56 Å². The zero-order valence-electron chi connectivity index (χ0n) is 9.99. The van der Waals surface area contributed by atoms with Crippen LogP contribution in [0, 0.1) is 10.5 Å². The Kier molecular flexibility index (Phi) is 5.64. The van der Waals surface area contributed by atoms with Crippen molar-refractivity contribution >= 4 is 34.5 Å². The molecule has 19 heavy (non-hydrogen) atoms. The van der Waals surface area contributed by atoms with Gasteiger partial charge in [-0.3, -0.25) is 4.79 Å². The van der Waals surface area contributed by atoms with Crippen LogP contribution in [0.5, 0.6) is 0 Å². The first-order valence-corrected chi connectivity index (χ1v) is 6.47. The van der Waals surface area contributed by atoms with Crippen LogP contribution in [0.3, 0.4) is 0 Å². The summed E-state index contributed by atoms with van der Waals surface area (Å²) in [6.07, 6.45) is -3.71. The summed E-state index contributed by atoms with van der Waals surface area (Å²) in [4.78, 5) is 22.7. The molecule has 0 aliphatic heterocycles. The van der Waals surface area contributed by atoms with Crippen LogP contribution in [0.4, 0.5) is 8.78 Å². The number of carbonyl (C=O) groups excluding carboxylic acids is 1. The molecule has 0 saturated carbocycles. The number of rotatable bonds is 5. The van der Waals surface area contributed by atoms with E-state index in [1.165, 1.54) is 6.07 Å². The van der Waals surface area contributed by atoms with E-state index in [9.17, 15) is 18.4 Å². The molecule has 1 aromatic rings. The summed E-state index contributed by atoms with van der Waals surface area (Å²) in [5, 5.41) is 10.9.